The number of hydrogen-bond acceptors (Lipinski definition) is 2. The molecule has 1 atom stereocenters. The molecule has 1 aromatic heterocycles. The maximum absolute atomic E-state index is 8.61. The summed E-state index contributed by atoms with van der Waals surface area (Å²) in [7, 11) is 0. The third-order valence-electron chi connectivity index (χ3n) is 2.12. The molecule has 0 aromatic carbocycles. The maximum atomic E-state index is 8.61. The van der Waals surface area contributed by atoms with E-state index in [-0.39, 0.29) is 12.6 Å². The zero-order chi connectivity index (χ0) is 9.68. The van der Waals surface area contributed by atoms with Gasteiger partial charge < -0.3 is 15.4 Å². The van der Waals surface area contributed by atoms with E-state index in [4.69, 9.17) is 10.8 Å². The predicted octanol–water partition coefficient (Wildman–Crippen LogP) is 1.28. The standard InChI is InChI=1S/C10H18N2O/c1-9(11)10-4-6-12(8-10)5-2-3-7-13/h4,6,8-9,13H,2-3,5,7,11H2,1H3. The topological polar surface area (TPSA) is 51.2 Å². The molecule has 1 aromatic rings. The highest BCUT2D eigenvalue weighted by Crippen LogP contribution is 2.10. The van der Waals surface area contributed by atoms with Crippen LogP contribution in [0.2, 0.25) is 0 Å². The lowest BCUT2D eigenvalue weighted by Gasteiger charge is -2.02. The van der Waals surface area contributed by atoms with Gasteiger partial charge in [0.05, 0.1) is 0 Å². The number of aliphatic hydroxyl groups excluding tert-OH is 1. The molecule has 3 nitrogen and oxygen atoms in total. The summed E-state index contributed by atoms with van der Waals surface area (Å²) in [6, 6.07) is 2.16. The molecule has 0 saturated carbocycles. The fraction of sp³-hybridized carbons (Fsp3) is 0.600. The summed E-state index contributed by atoms with van der Waals surface area (Å²) in [4.78, 5) is 0. The van der Waals surface area contributed by atoms with E-state index in [0.717, 1.165) is 19.4 Å². The first kappa shape index (κ1) is 10.3. The second-order valence-electron chi connectivity index (χ2n) is 3.40. The lowest BCUT2D eigenvalue weighted by Crippen LogP contribution is -2.03. The lowest BCUT2D eigenvalue weighted by atomic mass is 10.2. The van der Waals surface area contributed by atoms with E-state index in [9.17, 15) is 0 Å². The van der Waals surface area contributed by atoms with Crippen LogP contribution >= 0.6 is 0 Å². The molecule has 13 heavy (non-hydrogen) atoms. The fourth-order valence-electron chi connectivity index (χ4n) is 1.27. The van der Waals surface area contributed by atoms with Crippen molar-refractivity contribution in [2.45, 2.75) is 32.4 Å². The minimum Gasteiger partial charge on any atom is -0.396 e. The van der Waals surface area contributed by atoms with Crippen LogP contribution in [0, 0.1) is 0 Å². The molecular formula is C10H18N2O. The fourth-order valence-corrected chi connectivity index (χ4v) is 1.27. The van der Waals surface area contributed by atoms with Gasteiger partial charge in [-0.2, -0.15) is 0 Å². The van der Waals surface area contributed by atoms with Crippen LogP contribution in [0.4, 0.5) is 0 Å². The van der Waals surface area contributed by atoms with Gasteiger partial charge in [0.2, 0.25) is 0 Å². The van der Waals surface area contributed by atoms with Gasteiger partial charge in [0.1, 0.15) is 0 Å². The van der Waals surface area contributed by atoms with Crippen LogP contribution in [0.1, 0.15) is 31.4 Å². The smallest absolute Gasteiger partial charge is 0.0431 e. The van der Waals surface area contributed by atoms with Crippen LogP contribution in [0.15, 0.2) is 18.5 Å². The van der Waals surface area contributed by atoms with E-state index >= 15 is 0 Å². The molecule has 0 spiro atoms. The third-order valence-corrected chi connectivity index (χ3v) is 2.12. The molecule has 0 fully saturated rings. The van der Waals surface area contributed by atoms with E-state index in [2.05, 4.69) is 10.8 Å². The molecule has 0 bridgehead atoms. The highest BCUT2D eigenvalue weighted by atomic mass is 16.2. The van der Waals surface area contributed by atoms with Crippen LogP contribution in [-0.4, -0.2) is 16.3 Å². The normalized spacial score (nSPS) is 13.2. The summed E-state index contributed by atoms with van der Waals surface area (Å²) in [5, 5.41) is 8.61. The molecule has 0 saturated heterocycles. The molecule has 1 unspecified atom stereocenters. The number of aryl methyl sites for hydroxylation is 1. The average molecular weight is 182 g/mol. The molecule has 1 heterocycles. The maximum Gasteiger partial charge on any atom is 0.0431 e. The van der Waals surface area contributed by atoms with Crippen molar-refractivity contribution in [1.82, 2.24) is 4.57 Å². The Morgan fingerprint density at radius 3 is 2.85 bits per heavy atom. The van der Waals surface area contributed by atoms with Gasteiger partial charge in [-0.05, 0) is 31.4 Å². The van der Waals surface area contributed by atoms with Crippen LogP contribution in [-0.2, 0) is 6.54 Å². The monoisotopic (exact) mass is 182 g/mol. The molecule has 1 rings (SSSR count). The molecule has 0 amide bonds. The minimum absolute atomic E-state index is 0.110. The summed E-state index contributed by atoms with van der Waals surface area (Å²) in [5.41, 5.74) is 6.90. The van der Waals surface area contributed by atoms with Crippen molar-refractivity contribution in [3.05, 3.63) is 24.0 Å². The Kier molecular flexibility index (Phi) is 3.99. The molecular weight excluding hydrogens is 164 g/mol. The number of nitrogens with two attached hydrogens (primary N) is 1. The van der Waals surface area contributed by atoms with Crippen molar-refractivity contribution < 1.29 is 5.11 Å². The first-order chi connectivity index (χ1) is 6.24. The van der Waals surface area contributed by atoms with Crippen LogP contribution in [0.3, 0.4) is 0 Å². The van der Waals surface area contributed by atoms with Crippen LogP contribution < -0.4 is 5.73 Å². The first-order valence-corrected chi connectivity index (χ1v) is 4.76. The number of aromatic nitrogens is 1. The first-order valence-electron chi connectivity index (χ1n) is 4.76. The van der Waals surface area contributed by atoms with Gasteiger partial charge in [-0.3, -0.25) is 0 Å². The summed E-state index contributed by atoms with van der Waals surface area (Å²) in [6.45, 7) is 3.22. The van der Waals surface area contributed by atoms with Crippen molar-refractivity contribution in [2.24, 2.45) is 5.73 Å². The van der Waals surface area contributed by atoms with Gasteiger partial charge in [0, 0.05) is 31.6 Å². The van der Waals surface area contributed by atoms with Gasteiger partial charge in [-0.1, -0.05) is 0 Å². The zero-order valence-corrected chi connectivity index (χ0v) is 8.11. The Hall–Kier alpha value is -0.800. The summed E-state index contributed by atoms with van der Waals surface area (Å²) in [5.74, 6) is 0. The Balaban J connectivity index is 2.40. The largest absolute Gasteiger partial charge is 0.396 e. The van der Waals surface area contributed by atoms with Crippen molar-refractivity contribution in [3.63, 3.8) is 0 Å². The van der Waals surface area contributed by atoms with Gasteiger partial charge in [0.25, 0.3) is 0 Å². The summed E-state index contributed by atoms with van der Waals surface area (Å²) in [6.07, 6.45) is 5.99. The Morgan fingerprint density at radius 1 is 1.54 bits per heavy atom. The summed E-state index contributed by atoms with van der Waals surface area (Å²) < 4.78 is 2.12. The Labute approximate surface area is 79.2 Å². The second-order valence-corrected chi connectivity index (χ2v) is 3.40. The van der Waals surface area contributed by atoms with Gasteiger partial charge in [-0.15, -0.1) is 0 Å². The van der Waals surface area contributed by atoms with Gasteiger partial charge >= 0.3 is 0 Å². The second kappa shape index (κ2) is 5.04. The summed E-state index contributed by atoms with van der Waals surface area (Å²) >= 11 is 0. The van der Waals surface area contributed by atoms with E-state index in [1.807, 2.05) is 19.2 Å². The molecule has 0 aliphatic carbocycles. The zero-order valence-electron chi connectivity index (χ0n) is 8.11. The molecule has 74 valence electrons. The van der Waals surface area contributed by atoms with Crippen molar-refractivity contribution >= 4 is 0 Å². The third kappa shape index (κ3) is 3.20. The lowest BCUT2D eigenvalue weighted by molar-refractivity contribution is 0.281. The highest BCUT2D eigenvalue weighted by molar-refractivity contribution is 5.13. The van der Waals surface area contributed by atoms with Crippen molar-refractivity contribution in [3.8, 4) is 0 Å². The Bertz CT molecular complexity index is 243. The Morgan fingerprint density at radius 2 is 2.31 bits per heavy atom. The number of aliphatic hydroxyl groups is 1. The van der Waals surface area contributed by atoms with Gasteiger partial charge in [0.15, 0.2) is 0 Å². The van der Waals surface area contributed by atoms with E-state index in [1.165, 1.54) is 5.56 Å². The number of nitrogens with zero attached hydrogens (tertiary/aromatic N) is 1. The molecule has 0 aliphatic heterocycles. The quantitative estimate of drug-likeness (QED) is 0.674. The van der Waals surface area contributed by atoms with E-state index in [0.29, 0.717) is 0 Å². The highest BCUT2D eigenvalue weighted by Gasteiger charge is 2.00. The van der Waals surface area contributed by atoms with Crippen LogP contribution in [0.5, 0.6) is 0 Å². The average Bonchev–Trinajstić information content (AvgIpc) is 2.53. The molecule has 3 heteroatoms. The van der Waals surface area contributed by atoms with E-state index in [1.54, 1.807) is 0 Å². The molecule has 0 aliphatic rings. The predicted molar refractivity (Wildman–Crippen MR) is 53.4 cm³/mol. The number of hydrogen-bond donors (Lipinski definition) is 2. The van der Waals surface area contributed by atoms with E-state index < -0.39 is 0 Å². The molecule has 0 radical (unpaired) electrons. The van der Waals surface area contributed by atoms with Gasteiger partial charge in [-0.25, -0.2) is 0 Å². The number of unbranched alkanes of at least 4 members (excludes halogenated alkanes) is 1. The molecule has 3 N–H and O–H groups in total. The van der Waals surface area contributed by atoms with Crippen LogP contribution in [0.25, 0.3) is 0 Å². The van der Waals surface area contributed by atoms with Crippen molar-refractivity contribution in [2.75, 3.05) is 6.61 Å². The SMILES string of the molecule is CC(N)c1ccn(CCCCO)c1. The minimum atomic E-state index is 0.110. The van der Waals surface area contributed by atoms with Crippen molar-refractivity contribution in [1.29, 1.82) is 0 Å². The number of rotatable bonds is 5.